The minimum atomic E-state index is -1.02. The molecule has 4 rings (SSSR count). The third kappa shape index (κ3) is 3.52. The molecule has 0 saturated carbocycles. The summed E-state index contributed by atoms with van der Waals surface area (Å²) in [5.74, 6) is -1.02. The Hall–Kier alpha value is -2.18. The van der Waals surface area contributed by atoms with Crippen molar-refractivity contribution in [3.8, 4) is 0 Å². The normalized spacial score (nSPS) is 14.7. The summed E-state index contributed by atoms with van der Waals surface area (Å²) in [5.41, 5.74) is 2.65. The maximum Gasteiger partial charge on any atom is 0.354 e. The van der Waals surface area contributed by atoms with Crippen LogP contribution in [-0.4, -0.2) is 34.1 Å². The van der Waals surface area contributed by atoms with Crippen LogP contribution in [0.2, 0.25) is 5.02 Å². The molecule has 0 atom stereocenters. The highest BCUT2D eigenvalue weighted by atomic mass is 35.5. The zero-order valence-corrected chi connectivity index (χ0v) is 15.7. The molecule has 7 heteroatoms. The highest BCUT2D eigenvalue weighted by Crippen LogP contribution is 2.35. The molecule has 0 amide bonds. The summed E-state index contributed by atoms with van der Waals surface area (Å²) in [4.78, 5) is 22.6. The lowest BCUT2D eigenvalue weighted by atomic mass is 10.1. The van der Waals surface area contributed by atoms with Gasteiger partial charge in [0.05, 0.1) is 10.2 Å². The zero-order chi connectivity index (χ0) is 18.1. The molecular weight excluding hydrogens is 370 g/mol. The van der Waals surface area contributed by atoms with E-state index in [0.717, 1.165) is 34.0 Å². The third-order valence-electron chi connectivity index (χ3n) is 4.55. The first-order valence-electron chi connectivity index (χ1n) is 8.63. The van der Waals surface area contributed by atoms with Gasteiger partial charge >= 0.3 is 5.97 Å². The molecule has 3 aromatic rings. The summed E-state index contributed by atoms with van der Waals surface area (Å²) in [7, 11) is 0. The Morgan fingerprint density at radius 3 is 2.77 bits per heavy atom. The number of aromatic carboxylic acids is 1. The fraction of sp³-hybridized carbons (Fsp3) is 0.316. The molecule has 26 heavy (non-hydrogen) atoms. The van der Waals surface area contributed by atoms with Crippen molar-refractivity contribution in [1.82, 2.24) is 9.97 Å². The first kappa shape index (κ1) is 17.2. The summed E-state index contributed by atoms with van der Waals surface area (Å²) in [5, 5.41) is 10.8. The fourth-order valence-electron chi connectivity index (χ4n) is 3.30. The number of piperidine rings is 1. The van der Waals surface area contributed by atoms with Crippen molar-refractivity contribution in [2.75, 3.05) is 18.0 Å². The van der Waals surface area contributed by atoms with Gasteiger partial charge in [-0.2, -0.15) is 0 Å². The van der Waals surface area contributed by atoms with Crippen molar-refractivity contribution < 1.29 is 9.90 Å². The first-order valence-corrected chi connectivity index (χ1v) is 9.83. The molecule has 1 aromatic carbocycles. The predicted octanol–water partition coefficient (Wildman–Crippen LogP) is 4.62. The quantitative estimate of drug-likeness (QED) is 0.707. The van der Waals surface area contributed by atoms with Crippen LogP contribution in [0.1, 0.15) is 41.0 Å². The van der Waals surface area contributed by atoms with Gasteiger partial charge in [-0.05, 0) is 49.1 Å². The molecule has 5 nitrogen and oxygen atoms in total. The van der Waals surface area contributed by atoms with Gasteiger partial charge in [0.25, 0.3) is 0 Å². The van der Waals surface area contributed by atoms with Gasteiger partial charge in [0, 0.05) is 30.2 Å². The Bertz CT molecular complexity index is 967. The van der Waals surface area contributed by atoms with Crippen LogP contribution in [0.3, 0.4) is 0 Å². The van der Waals surface area contributed by atoms with Crippen LogP contribution < -0.4 is 4.90 Å². The molecule has 0 bridgehead atoms. The number of anilines is 1. The van der Waals surface area contributed by atoms with Gasteiger partial charge in [-0.25, -0.2) is 14.8 Å². The second-order valence-corrected chi connectivity index (χ2v) is 7.90. The largest absolute Gasteiger partial charge is 0.477 e. The zero-order valence-electron chi connectivity index (χ0n) is 14.1. The molecule has 1 saturated heterocycles. The number of benzene rings is 1. The summed E-state index contributed by atoms with van der Waals surface area (Å²) in [6.07, 6.45) is 4.19. The second-order valence-electron chi connectivity index (χ2n) is 6.45. The Kier molecular flexibility index (Phi) is 4.78. The number of hydrogen-bond acceptors (Lipinski definition) is 5. The fourth-order valence-corrected chi connectivity index (χ4v) is 4.71. The first-order chi connectivity index (χ1) is 12.6. The lowest BCUT2D eigenvalue weighted by Crippen LogP contribution is -2.29. The van der Waals surface area contributed by atoms with Crippen LogP contribution in [0, 0.1) is 0 Å². The lowest BCUT2D eigenvalue weighted by molar-refractivity contribution is 0.0690. The number of nitrogens with zero attached hydrogens (tertiary/aromatic N) is 3. The van der Waals surface area contributed by atoms with Crippen molar-refractivity contribution >= 4 is 44.3 Å². The highest BCUT2D eigenvalue weighted by molar-refractivity contribution is 7.22. The number of aromatic nitrogens is 2. The van der Waals surface area contributed by atoms with Gasteiger partial charge in [-0.3, -0.25) is 0 Å². The number of pyridine rings is 1. The van der Waals surface area contributed by atoms with E-state index in [-0.39, 0.29) is 5.69 Å². The maximum atomic E-state index is 11.2. The molecule has 0 radical (unpaired) electrons. The number of hydrogen-bond donors (Lipinski definition) is 1. The maximum absolute atomic E-state index is 11.2. The van der Waals surface area contributed by atoms with Crippen LogP contribution in [0.15, 0.2) is 30.3 Å². The van der Waals surface area contributed by atoms with Crippen molar-refractivity contribution in [1.29, 1.82) is 0 Å². The number of carboxylic acids is 1. The van der Waals surface area contributed by atoms with Crippen LogP contribution in [-0.2, 0) is 6.42 Å². The van der Waals surface area contributed by atoms with Gasteiger partial charge in [0.15, 0.2) is 5.13 Å². The molecule has 1 aliphatic heterocycles. The molecule has 3 heterocycles. The Morgan fingerprint density at radius 1 is 1.19 bits per heavy atom. The van der Waals surface area contributed by atoms with Crippen molar-refractivity contribution in [3.63, 3.8) is 0 Å². The standard InChI is InChI=1S/C19H18ClN3O2S/c20-13-9-12(10-14-5-4-6-15(21-14)18(24)25)17-16(11-13)26-19(22-17)23-7-2-1-3-8-23/h4-6,9,11H,1-3,7-8,10H2,(H,24,25). The van der Waals surface area contributed by atoms with Crippen LogP contribution in [0.4, 0.5) is 5.13 Å². The number of fused-ring (bicyclic) bond motifs is 1. The average molecular weight is 388 g/mol. The molecule has 134 valence electrons. The molecule has 0 unspecified atom stereocenters. The van der Waals surface area contributed by atoms with E-state index in [1.54, 1.807) is 17.4 Å². The monoisotopic (exact) mass is 387 g/mol. The third-order valence-corrected chi connectivity index (χ3v) is 5.83. The van der Waals surface area contributed by atoms with Crippen LogP contribution in [0.25, 0.3) is 10.2 Å². The average Bonchev–Trinajstić information content (AvgIpc) is 3.07. The molecule has 0 aliphatic carbocycles. The van der Waals surface area contributed by atoms with Gasteiger partial charge in [-0.15, -0.1) is 0 Å². The topological polar surface area (TPSA) is 66.3 Å². The van der Waals surface area contributed by atoms with E-state index < -0.39 is 5.97 Å². The molecule has 2 aromatic heterocycles. The van der Waals surface area contributed by atoms with E-state index in [1.165, 1.54) is 25.3 Å². The molecule has 1 aliphatic rings. The SMILES string of the molecule is O=C(O)c1cccc(Cc2cc(Cl)cc3sc(N4CCCCC4)nc23)n1. The number of carboxylic acid groups (broad SMARTS) is 1. The van der Waals surface area contributed by atoms with Crippen LogP contribution in [0.5, 0.6) is 0 Å². The minimum Gasteiger partial charge on any atom is -0.477 e. The lowest BCUT2D eigenvalue weighted by Gasteiger charge is -2.25. The number of rotatable bonds is 4. The molecule has 1 N–H and O–H groups in total. The van der Waals surface area contributed by atoms with E-state index in [4.69, 9.17) is 21.7 Å². The molecule has 0 spiro atoms. The van der Waals surface area contributed by atoms with E-state index in [9.17, 15) is 4.79 Å². The van der Waals surface area contributed by atoms with E-state index >= 15 is 0 Å². The van der Waals surface area contributed by atoms with E-state index in [2.05, 4.69) is 9.88 Å². The molecule has 1 fully saturated rings. The van der Waals surface area contributed by atoms with Gasteiger partial charge < -0.3 is 10.0 Å². The van der Waals surface area contributed by atoms with E-state index in [0.29, 0.717) is 17.1 Å². The smallest absolute Gasteiger partial charge is 0.354 e. The van der Waals surface area contributed by atoms with E-state index in [1.807, 2.05) is 18.2 Å². The molecular formula is C19H18ClN3O2S. The van der Waals surface area contributed by atoms with Gasteiger partial charge in [0.1, 0.15) is 5.69 Å². The summed E-state index contributed by atoms with van der Waals surface area (Å²) >= 11 is 7.98. The van der Waals surface area contributed by atoms with Crippen molar-refractivity contribution in [2.24, 2.45) is 0 Å². The summed E-state index contributed by atoms with van der Waals surface area (Å²) in [6.45, 7) is 2.09. The second kappa shape index (κ2) is 7.21. The number of thiazole rings is 1. The number of carbonyl (C=O) groups is 1. The minimum absolute atomic E-state index is 0.0491. The highest BCUT2D eigenvalue weighted by Gasteiger charge is 2.17. The predicted molar refractivity (Wildman–Crippen MR) is 105 cm³/mol. The van der Waals surface area contributed by atoms with Crippen LogP contribution >= 0.6 is 22.9 Å². The van der Waals surface area contributed by atoms with Gasteiger partial charge in [0.2, 0.25) is 0 Å². The van der Waals surface area contributed by atoms with Gasteiger partial charge in [-0.1, -0.05) is 29.0 Å². The Balaban J connectivity index is 1.71. The summed E-state index contributed by atoms with van der Waals surface area (Å²) in [6, 6.07) is 8.90. The van der Waals surface area contributed by atoms with Crippen molar-refractivity contribution in [2.45, 2.75) is 25.7 Å². The summed E-state index contributed by atoms with van der Waals surface area (Å²) < 4.78 is 1.06. The van der Waals surface area contributed by atoms with Crippen molar-refractivity contribution in [3.05, 3.63) is 52.3 Å². The number of halogens is 1. The Labute approximate surface area is 160 Å². The Morgan fingerprint density at radius 2 is 2.00 bits per heavy atom.